The van der Waals surface area contributed by atoms with Gasteiger partial charge < -0.3 is 0 Å². The van der Waals surface area contributed by atoms with Crippen molar-refractivity contribution in [1.82, 2.24) is 4.90 Å². The molecule has 0 aromatic heterocycles. The van der Waals surface area contributed by atoms with E-state index in [0.29, 0.717) is 18.2 Å². The number of aryl methyl sites for hydroxylation is 2. The van der Waals surface area contributed by atoms with Crippen molar-refractivity contribution in [1.29, 1.82) is 0 Å². The fraction of sp³-hybridized carbons (Fsp3) is 0.632. The van der Waals surface area contributed by atoms with E-state index < -0.39 is 0 Å². The maximum atomic E-state index is 12.4. The molecule has 1 atom stereocenters. The predicted octanol–water partition coefficient (Wildman–Crippen LogP) is 4.53. The van der Waals surface area contributed by atoms with Crippen LogP contribution in [0.2, 0.25) is 0 Å². The fourth-order valence-electron chi connectivity index (χ4n) is 3.54. The Morgan fingerprint density at radius 1 is 1.19 bits per heavy atom. The summed E-state index contributed by atoms with van der Waals surface area (Å²) in [5.74, 6) is 0.294. The summed E-state index contributed by atoms with van der Waals surface area (Å²) in [5, 5.41) is 0. The highest BCUT2D eigenvalue weighted by Crippen LogP contribution is 2.21. The first kappa shape index (κ1) is 16.2. The summed E-state index contributed by atoms with van der Waals surface area (Å²) >= 11 is 0. The van der Waals surface area contributed by atoms with Crippen molar-refractivity contribution in [3.63, 3.8) is 0 Å². The molecule has 1 saturated heterocycles. The molecule has 1 aliphatic heterocycles. The Balaban J connectivity index is 1.93. The van der Waals surface area contributed by atoms with E-state index in [4.69, 9.17) is 0 Å². The maximum absolute atomic E-state index is 12.4. The second-order valence-electron chi connectivity index (χ2n) is 6.52. The number of ketones is 1. The third-order valence-corrected chi connectivity index (χ3v) is 4.54. The first-order chi connectivity index (χ1) is 10.1. The van der Waals surface area contributed by atoms with E-state index in [1.54, 1.807) is 0 Å². The number of likely N-dealkylation sites (tertiary alicyclic amines) is 1. The molecule has 0 spiro atoms. The number of carbonyl (C=O) groups excluding carboxylic acids is 1. The lowest BCUT2D eigenvalue weighted by Crippen LogP contribution is -2.40. The summed E-state index contributed by atoms with van der Waals surface area (Å²) in [6.07, 6.45) is 7.13. The quantitative estimate of drug-likeness (QED) is 0.716. The van der Waals surface area contributed by atoms with Gasteiger partial charge >= 0.3 is 0 Å². The van der Waals surface area contributed by atoms with Gasteiger partial charge in [0.1, 0.15) is 0 Å². The number of hydrogen-bond donors (Lipinski definition) is 0. The molecule has 1 heterocycles. The SMILES string of the molecule is CCCC1CCCCN1CCC(=O)c1cc(C)cc(C)c1. The summed E-state index contributed by atoms with van der Waals surface area (Å²) in [6, 6.07) is 6.87. The standard InChI is InChI=1S/C19H29NO/c1-4-7-18-8-5-6-10-20(18)11-9-19(21)17-13-15(2)12-16(3)14-17/h12-14,18H,4-11H2,1-3H3. The minimum atomic E-state index is 0.294. The third kappa shape index (κ3) is 4.67. The molecule has 1 aromatic rings. The van der Waals surface area contributed by atoms with Crippen LogP contribution in [-0.4, -0.2) is 29.8 Å². The van der Waals surface area contributed by atoms with Gasteiger partial charge in [0, 0.05) is 24.6 Å². The van der Waals surface area contributed by atoms with Crippen LogP contribution in [0.3, 0.4) is 0 Å². The van der Waals surface area contributed by atoms with Gasteiger partial charge in [-0.15, -0.1) is 0 Å². The Labute approximate surface area is 129 Å². The van der Waals surface area contributed by atoms with Crippen LogP contribution in [0.1, 0.15) is 66.9 Å². The molecule has 1 fully saturated rings. The first-order valence-electron chi connectivity index (χ1n) is 8.45. The zero-order valence-electron chi connectivity index (χ0n) is 13.8. The smallest absolute Gasteiger partial charge is 0.164 e. The summed E-state index contributed by atoms with van der Waals surface area (Å²) < 4.78 is 0. The molecule has 0 amide bonds. The van der Waals surface area contributed by atoms with Crippen molar-refractivity contribution in [3.05, 3.63) is 34.9 Å². The first-order valence-corrected chi connectivity index (χ1v) is 8.45. The van der Waals surface area contributed by atoms with Crippen molar-refractivity contribution in [2.45, 2.75) is 65.3 Å². The van der Waals surface area contributed by atoms with E-state index in [2.05, 4.69) is 31.7 Å². The van der Waals surface area contributed by atoms with Crippen LogP contribution in [-0.2, 0) is 0 Å². The Morgan fingerprint density at radius 3 is 2.57 bits per heavy atom. The second kappa shape index (κ2) is 7.74. The summed E-state index contributed by atoms with van der Waals surface area (Å²) in [5.41, 5.74) is 3.25. The Bertz CT molecular complexity index is 458. The topological polar surface area (TPSA) is 20.3 Å². The van der Waals surface area contributed by atoms with Gasteiger partial charge in [-0.1, -0.05) is 37.0 Å². The average Bonchev–Trinajstić information content (AvgIpc) is 2.45. The van der Waals surface area contributed by atoms with Crippen molar-refractivity contribution >= 4 is 5.78 Å². The van der Waals surface area contributed by atoms with Gasteiger partial charge in [0.25, 0.3) is 0 Å². The lowest BCUT2D eigenvalue weighted by Gasteiger charge is -2.35. The average molecular weight is 287 g/mol. The van der Waals surface area contributed by atoms with Crippen LogP contribution in [0.5, 0.6) is 0 Å². The highest BCUT2D eigenvalue weighted by atomic mass is 16.1. The Morgan fingerprint density at radius 2 is 1.90 bits per heavy atom. The van der Waals surface area contributed by atoms with E-state index in [1.807, 2.05) is 12.1 Å². The monoisotopic (exact) mass is 287 g/mol. The number of hydrogen-bond acceptors (Lipinski definition) is 2. The van der Waals surface area contributed by atoms with Crippen LogP contribution in [0.4, 0.5) is 0 Å². The predicted molar refractivity (Wildman–Crippen MR) is 89.0 cm³/mol. The molecule has 2 heteroatoms. The molecule has 0 bridgehead atoms. The van der Waals surface area contributed by atoms with Gasteiger partial charge in [-0.05, 0) is 51.8 Å². The van der Waals surface area contributed by atoms with Crippen LogP contribution in [0, 0.1) is 13.8 Å². The molecule has 1 unspecified atom stereocenters. The number of nitrogens with zero attached hydrogens (tertiary/aromatic N) is 1. The molecule has 0 N–H and O–H groups in total. The normalized spacial score (nSPS) is 19.7. The maximum Gasteiger partial charge on any atom is 0.164 e. The molecule has 116 valence electrons. The van der Waals surface area contributed by atoms with E-state index >= 15 is 0 Å². The number of piperidine rings is 1. The molecule has 0 radical (unpaired) electrons. The van der Waals surface area contributed by atoms with Crippen molar-refractivity contribution in [2.24, 2.45) is 0 Å². The molecule has 0 saturated carbocycles. The van der Waals surface area contributed by atoms with Crippen molar-refractivity contribution < 1.29 is 4.79 Å². The van der Waals surface area contributed by atoms with Crippen molar-refractivity contribution in [2.75, 3.05) is 13.1 Å². The highest BCUT2D eigenvalue weighted by Gasteiger charge is 2.22. The van der Waals surface area contributed by atoms with E-state index in [0.717, 1.165) is 12.1 Å². The van der Waals surface area contributed by atoms with Gasteiger partial charge in [-0.2, -0.15) is 0 Å². The molecular weight excluding hydrogens is 258 g/mol. The van der Waals surface area contributed by atoms with Gasteiger partial charge in [-0.25, -0.2) is 0 Å². The zero-order chi connectivity index (χ0) is 15.2. The molecule has 1 aromatic carbocycles. The molecule has 2 nitrogen and oxygen atoms in total. The fourth-order valence-corrected chi connectivity index (χ4v) is 3.54. The van der Waals surface area contributed by atoms with Crippen LogP contribution < -0.4 is 0 Å². The molecular formula is C19H29NO. The van der Waals surface area contributed by atoms with Gasteiger partial charge in [0.2, 0.25) is 0 Å². The summed E-state index contributed by atoms with van der Waals surface area (Å²) in [6.45, 7) is 8.48. The van der Waals surface area contributed by atoms with Crippen LogP contribution in [0.15, 0.2) is 18.2 Å². The van der Waals surface area contributed by atoms with Crippen LogP contribution in [0.25, 0.3) is 0 Å². The Kier molecular flexibility index (Phi) is 5.98. The molecule has 1 aliphatic rings. The van der Waals surface area contributed by atoms with Gasteiger partial charge in [0.05, 0.1) is 0 Å². The summed E-state index contributed by atoms with van der Waals surface area (Å²) in [7, 11) is 0. The number of Topliss-reactive ketones (excluding diaryl/α,β-unsaturated/α-hetero) is 1. The minimum absolute atomic E-state index is 0.294. The van der Waals surface area contributed by atoms with Crippen molar-refractivity contribution in [3.8, 4) is 0 Å². The van der Waals surface area contributed by atoms with E-state index in [1.165, 1.54) is 49.8 Å². The molecule has 0 aliphatic carbocycles. The summed E-state index contributed by atoms with van der Waals surface area (Å²) in [4.78, 5) is 15.0. The van der Waals surface area contributed by atoms with Gasteiger partial charge in [-0.3, -0.25) is 9.69 Å². The third-order valence-electron chi connectivity index (χ3n) is 4.54. The number of benzene rings is 1. The second-order valence-corrected chi connectivity index (χ2v) is 6.52. The van der Waals surface area contributed by atoms with E-state index in [-0.39, 0.29) is 0 Å². The van der Waals surface area contributed by atoms with E-state index in [9.17, 15) is 4.79 Å². The molecule has 2 rings (SSSR count). The lowest BCUT2D eigenvalue weighted by molar-refractivity contribution is 0.0918. The number of carbonyl (C=O) groups is 1. The Hall–Kier alpha value is -1.15. The zero-order valence-corrected chi connectivity index (χ0v) is 13.8. The number of rotatable bonds is 6. The lowest BCUT2D eigenvalue weighted by atomic mass is 9.97. The minimum Gasteiger partial charge on any atom is -0.300 e. The van der Waals surface area contributed by atoms with Gasteiger partial charge in [0.15, 0.2) is 5.78 Å². The van der Waals surface area contributed by atoms with Crippen LogP contribution >= 0.6 is 0 Å². The highest BCUT2D eigenvalue weighted by molar-refractivity contribution is 5.96. The largest absolute Gasteiger partial charge is 0.300 e. The molecule has 21 heavy (non-hydrogen) atoms.